The normalized spacial score (nSPS) is 16.7. The first kappa shape index (κ1) is 19.7. The van der Waals surface area contributed by atoms with Crippen molar-refractivity contribution in [2.45, 2.75) is 26.8 Å². The minimum absolute atomic E-state index is 0.0545. The van der Waals surface area contributed by atoms with Crippen LogP contribution in [0.5, 0.6) is 5.75 Å². The molecule has 1 aliphatic heterocycles. The number of carbonyl (C=O) groups is 1. The van der Waals surface area contributed by atoms with Crippen LogP contribution in [0.4, 0.5) is 11.5 Å². The minimum Gasteiger partial charge on any atom is -0.507 e. The third-order valence-electron chi connectivity index (χ3n) is 5.46. The van der Waals surface area contributed by atoms with Crippen LogP contribution in [0.15, 0.2) is 34.9 Å². The monoisotopic (exact) mass is 408 g/mol. The second kappa shape index (κ2) is 7.66. The average molecular weight is 408 g/mol. The van der Waals surface area contributed by atoms with E-state index in [0.717, 1.165) is 5.69 Å². The molecule has 9 nitrogen and oxygen atoms in total. The lowest BCUT2D eigenvalue weighted by Gasteiger charge is -2.41. The lowest BCUT2D eigenvalue weighted by molar-refractivity contribution is 0.0672. The number of rotatable bonds is 3. The summed E-state index contributed by atoms with van der Waals surface area (Å²) in [5.41, 5.74) is 9.11. The first-order valence-electron chi connectivity index (χ1n) is 9.77. The molecule has 3 N–H and O–H groups in total. The number of nitrogens with zero attached hydrogens (tertiary/aromatic N) is 5. The number of hydrogen-bond donors (Lipinski definition) is 2. The van der Waals surface area contributed by atoms with Gasteiger partial charge in [-0.25, -0.2) is 0 Å². The fourth-order valence-electron chi connectivity index (χ4n) is 3.88. The van der Waals surface area contributed by atoms with Crippen molar-refractivity contribution in [3.8, 4) is 17.0 Å². The van der Waals surface area contributed by atoms with Crippen molar-refractivity contribution in [2.75, 3.05) is 30.3 Å². The van der Waals surface area contributed by atoms with E-state index in [9.17, 15) is 9.90 Å². The van der Waals surface area contributed by atoms with E-state index in [1.165, 1.54) is 0 Å². The van der Waals surface area contributed by atoms with Gasteiger partial charge in [0, 0.05) is 31.2 Å². The summed E-state index contributed by atoms with van der Waals surface area (Å²) in [4.78, 5) is 17.0. The molecule has 1 aliphatic rings. The standard InChI is InChI=1S/C21H24N6O3/c1-12-11-26(8-9-27(12)21(29)19-13(2)25-30-14(19)3)17-10-16(23-24-20(17)22)15-6-4-5-7-18(15)28/h4-7,10,12,28H,8-9,11H2,1-3H3,(H2,22,24). The average Bonchev–Trinajstić information content (AvgIpc) is 3.06. The van der Waals surface area contributed by atoms with Gasteiger partial charge in [0.15, 0.2) is 5.82 Å². The topological polar surface area (TPSA) is 122 Å². The lowest BCUT2D eigenvalue weighted by atomic mass is 10.1. The first-order valence-corrected chi connectivity index (χ1v) is 9.77. The molecule has 0 saturated carbocycles. The van der Waals surface area contributed by atoms with E-state index in [4.69, 9.17) is 10.3 Å². The first-order chi connectivity index (χ1) is 14.4. The Balaban J connectivity index is 1.57. The molecule has 30 heavy (non-hydrogen) atoms. The van der Waals surface area contributed by atoms with Crippen molar-refractivity contribution in [3.05, 3.63) is 47.3 Å². The second-order valence-electron chi connectivity index (χ2n) is 7.51. The van der Waals surface area contributed by atoms with Crippen molar-refractivity contribution in [1.29, 1.82) is 0 Å². The largest absolute Gasteiger partial charge is 0.507 e. The summed E-state index contributed by atoms with van der Waals surface area (Å²) < 4.78 is 5.15. The van der Waals surface area contributed by atoms with Crippen molar-refractivity contribution in [3.63, 3.8) is 0 Å². The quantitative estimate of drug-likeness (QED) is 0.677. The summed E-state index contributed by atoms with van der Waals surface area (Å²) in [7, 11) is 0. The number of hydrogen-bond acceptors (Lipinski definition) is 8. The smallest absolute Gasteiger partial charge is 0.259 e. The van der Waals surface area contributed by atoms with Gasteiger partial charge in [-0.1, -0.05) is 17.3 Å². The molecule has 4 rings (SSSR count). The number of aromatic hydroxyl groups is 1. The number of aryl methyl sites for hydroxylation is 2. The molecule has 0 spiro atoms. The highest BCUT2D eigenvalue weighted by Gasteiger charge is 2.32. The Kier molecular flexibility index (Phi) is 5.03. The van der Waals surface area contributed by atoms with Gasteiger partial charge in [-0.3, -0.25) is 4.79 Å². The Morgan fingerprint density at radius 3 is 2.67 bits per heavy atom. The summed E-state index contributed by atoms with van der Waals surface area (Å²) in [5.74, 6) is 0.897. The number of piperazine rings is 1. The molecule has 1 aromatic carbocycles. The molecule has 0 aliphatic carbocycles. The maximum Gasteiger partial charge on any atom is 0.259 e. The summed E-state index contributed by atoms with van der Waals surface area (Å²) in [6.45, 7) is 7.22. The Bertz CT molecular complexity index is 1080. The molecule has 3 aromatic rings. The maximum absolute atomic E-state index is 13.0. The van der Waals surface area contributed by atoms with E-state index in [1.807, 2.05) is 24.0 Å². The zero-order chi connectivity index (χ0) is 21.4. The summed E-state index contributed by atoms with van der Waals surface area (Å²) in [6, 6.07) is 8.74. The number of anilines is 2. The number of phenolic OH excluding ortho intramolecular Hbond substituents is 1. The molecule has 1 atom stereocenters. The molecule has 9 heteroatoms. The van der Waals surface area contributed by atoms with Gasteiger partial charge < -0.3 is 25.2 Å². The predicted molar refractivity (Wildman–Crippen MR) is 112 cm³/mol. The summed E-state index contributed by atoms with van der Waals surface area (Å²) in [6.07, 6.45) is 0. The van der Waals surface area contributed by atoms with Crippen LogP contribution in [-0.4, -0.2) is 56.9 Å². The van der Waals surface area contributed by atoms with Crippen LogP contribution in [0.1, 0.15) is 28.7 Å². The van der Waals surface area contributed by atoms with Gasteiger partial charge in [0.25, 0.3) is 5.91 Å². The Labute approximate surface area is 174 Å². The number of nitrogen functional groups attached to an aromatic ring is 1. The fourth-order valence-corrected chi connectivity index (χ4v) is 3.88. The summed E-state index contributed by atoms with van der Waals surface area (Å²) in [5, 5.41) is 22.3. The fraction of sp³-hybridized carbons (Fsp3) is 0.333. The number of benzene rings is 1. The third-order valence-corrected chi connectivity index (χ3v) is 5.46. The van der Waals surface area contributed by atoms with Crippen LogP contribution in [0, 0.1) is 13.8 Å². The zero-order valence-electron chi connectivity index (χ0n) is 17.2. The SMILES string of the molecule is Cc1noc(C)c1C(=O)N1CCN(c2cc(-c3ccccc3O)nnc2N)CC1C. The minimum atomic E-state index is -0.0749. The number of nitrogens with two attached hydrogens (primary N) is 1. The molecular weight excluding hydrogens is 384 g/mol. The molecule has 2 aromatic heterocycles. The van der Waals surface area contributed by atoms with Gasteiger partial charge in [0.2, 0.25) is 0 Å². The number of carbonyl (C=O) groups excluding carboxylic acids is 1. The highest BCUT2D eigenvalue weighted by molar-refractivity contribution is 5.96. The van der Waals surface area contributed by atoms with Crippen molar-refractivity contribution < 1.29 is 14.4 Å². The van der Waals surface area contributed by atoms with Crippen LogP contribution in [0.2, 0.25) is 0 Å². The highest BCUT2D eigenvalue weighted by atomic mass is 16.5. The molecule has 0 radical (unpaired) electrons. The highest BCUT2D eigenvalue weighted by Crippen LogP contribution is 2.32. The second-order valence-corrected chi connectivity index (χ2v) is 7.51. The molecular formula is C21H24N6O3. The van der Waals surface area contributed by atoms with Gasteiger partial charge >= 0.3 is 0 Å². The summed E-state index contributed by atoms with van der Waals surface area (Å²) >= 11 is 0. The van der Waals surface area contributed by atoms with Crippen LogP contribution in [0.3, 0.4) is 0 Å². The molecule has 1 fully saturated rings. The van der Waals surface area contributed by atoms with Gasteiger partial charge in [-0.15, -0.1) is 10.2 Å². The molecule has 0 bridgehead atoms. The van der Waals surface area contributed by atoms with E-state index in [0.29, 0.717) is 53.7 Å². The maximum atomic E-state index is 13.0. The van der Waals surface area contributed by atoms with Crippen molar-refractivity contribution >= 4 is 17.4 Å². The van der Waals surface area contributed by atoms with Crippen LogP contribution >= 0.6 is 0 Å². The van der Waals surface area contributed by atoms with Crippen LogP contribution in [-0.2, 0) is 0 Å². The van der Waals surface area contributed by atoms with Crippen LogP contribution in [0.25, 0.3) is 11.3 Å². The number of para-hydroxylation sites is 1. The Morgan fingerprint density at radius 2 is 2.00 bits per heavy atom. The predicted octanol–water partition coefficient (Wildman–Crippen LogP) is 2.39. The van der Waals surface area contributed by atoms with E-state index in [2.05, 4.69) is 20.3 Å². The van der Waals surface area contributed by atoms with Gasteiger partial charge in [-0.05, 0) is 39.0 Å². The zero-order valence-corrected chi connectivity index (χ0v) is 17.2. The van der Waals surface area contributed by atoms with E-state index < -0.39 is 0 Å². The molecule has 1 unspecified atom stereocenters. The Morgan fingerprint density at radius 1 is 1.23 bits per heavy atom. The number of phenols is 1. The van der Waals surface area contributed by atoms with E-state index in [-0.39, 0.29) is 17.7 Å². The number of aromatic nitrogens is 3. The van der Waals surface area contributed by atoms with Crippen molar-refractivity contribution in [2.24, 2.45) is 0 Å². The number of amides is 1. The van der Waals surface area contributed by atoms with E-state index in [1.54, 1.807) is 32.0 Å². The third kappa shape index (κ3) is 3.42. The van der Waals surface area contributed by atoms with Crippen molar-refractivity contribution in [1.82, 2.24) is 20.3 Å². The molecule has 1 amide bonds. The van der Waals surface area contributed by atoms with Gasteiger partial charge in [0.1, 0.15) is 17.1 Å². The lowest BCUT2D eigenvalue weighted by Crippen LogP contribution is -2.54. The molecule has 3 heterocycles. The molecule has 156 valence electrons. The van der Waals surface area contributed by atoms with Gasteiger partial charge in [0.05, 0.1) is 17.1 Å². The molecule has 1 saturated heterocycles. The van der Waals surface area contributed by atoms with Gasteiger partial charge in [-0.2, -0.15) is 0 Å². The van der Waals surface area contributed by atoms with E-state index >= 15 is 0 Å². The van der Waals surface area contributed by atoms with Crippen LogP contribution < -0.4 is 10.6 Å². The Hall–Kier alpha value is -3.62.